The van der Waals surface area contributed by atoms with Crippen molar-refractivity contribution in [2.24, 2.45) is 5.41 Å². The predicted octanol–water partition coefficient (Wildman–Crippen LogP) is 6.14. The summed E-state index contributed by atoms with van der Waals surface area (Å²) in [7, 11) is 0. The second kappa shape index (κ2) is 7.16. The summed E-state index contributed by atoms with van der Waals surface area (Å²) in [5.74, 6) is -1.93. The highest BCUT2D eigenvalue weighted by atomic mass is 19.1. The number of hydrogen-bond acceptors (Lipinski definition) is 3. The average molecular weight is 430 g/mol. The van der Waals surface area contributed by atoms with Crippen molar-refractivity contribution >= 4 is 22.4 Å². The molecule has 0 bridgehead atoms. The molecule has 160 valence electrons. The van der Waals surface area contributed by atoms with Crippen molar-refractivity contribution in [1.29, 1.82) is 5.26 Å². The number of ether oxygens (including phenoxy) is 1. The number of H-pyrrole nitrogens is 1. The zero-order chi connectivity index (χ0) is 22.6. The van der Waals surface area contributed by atoms with Gasteiger partial charge in [-0.25, -0.2) is 8.78 Å². The number of fused-ring (bicyclic) bond motifs is 1. The Kier molecular flexibility index (Phi) is 4.52. The standard InChI is InChI=1S/C26H20F2N2O2/c1-26(2)10-21(31)24-22(11-26)32-25(18-13-30-20-6-4-3-5-15(18)20)17(12-29)23(24)16-8-7-14(27)9-19(16)28/h3-9,13,23,30H,10-11H2,1-2H3. The van der Waals surface area contributed by atoms with E-state index in [9.17, 15) is 18.8 Å². The van der Waals surface area contributed by atoms with Crippen LogP contribution in [0, 0.1) is 28.4 Å². The summed E-state index contributed by atoms with van der Waals surface area (Å²) in [6.45, 7) is 3.95. The van der Waals surface area contributed by atoms with Gasteiger partial charge in [0.25, 0.3) is 0 Å². The molecular formula is C26H20F2N2O2. The van der Waals surface area contributed by atoms with Crippen LogP contribution in [0.3, 0.4) is 0 Å². The zero-order valence-electron chi connectivity index (χ0n) is 17.6. The quantitative estimate of drug-likeness (QED) is 0.531. The van der Waals surface area contributed by atoms with E-state index in [0.29, 0.717) is 23.5 Å². The molecule has 4 nitrogen and oxygen atoms in total. The zero-order valence-corrected chi connectivity index (χ0v) is 17.6. The third-order valence-electron chi connectivity index (χ3n) is 6.15. The Morgan fingerprint density at radius 2 is 1.94 bits per heavy atom. The normalized spacial score (nSPS) is 20.2. The van der Waals surface area contributed by atoms with Gasteiger partial charge < -0.3 is 9.72 Å². The highest BCUT2D eigenvalue weighted by molar-refractivity contribution is 6.02. The number of benzene rings is 2. The monoisotopic (exact) mass is 430 g/mol. The molecule has 1 aliphatic carbocycles. The highest BCUT2D eigenvalue weighted by Crippen LogP contribution is 2.51. The number of ketones is 1. The van der Waals surface area contributed by atoms with Crippen molar-refractivity contribution in [2.45, 2.75) is 32.6 Å². The molecule has 6 heteroatoms. The first-order valence-electron chi connectivity index (χ1n) is 10.4. The number of aromatic nitrogens is 1. The minimum Gasteiger partial charge on any atom is -0.459 e. The van der Waals surface area contributed by atoms with E-state index in [1.54, 1.807) is 6.20 Å². The first kappa shape index (κ1) is 20.2. The number of halogens is 2. The Labute approximate surface area is 183 Å². The van der Waals surface area contributed by atoms with Gasteiger partial charge in [-0.15, -0.1) is 0 Å². The summed E-state index contributed by atoms with van der Waals surface area (Å²) in [4.78, 5) is 16.4. The first-order chi connectivity index (χ1) is 15.3. The molecule has 0 fully saturated rings. The Morgan fingerprint density at radius 1 is 1.16 bits per heavy atom. The Bertz CT molecular complexity index is 1390. The van der Waals surface area contributed by atoms with Gasteiger partial charge in [-0.05, 0) is 17.5 Å². The molecule has 3 aromatic rings. The molecule has 0 spiro atoms. The van der Waals surface area contributed by atoms with Gasteiger partial charge in [0.15, 0.2) is 11.5 Å². The van der Waals surface area contributed by atoms with Gasteiger partial charge in [-0.2, -0.15) is 5.26 Å². The molecular weight excluding hydrogens is 410 g/mol. The second-order valence-electron chi connectivity index (χ2n) is 9.08. The lowest BCUT2D eigenvalue weighted by molar-refractivity contribution is -0.118. The fourth-order valence-electron chi connectivity index (χ4n) is 4.77. The first-order valence-corrected chi connectivity index (χ1v) is 10.4. The van der Waals surface area contributed by atoms with Gasteiger partial charge in [0, 0.05) is 52.7 Å². The molecule has 2 heterocycles. The van der Waals surface area contributed by atoms with Crippen molar-refractivity contribution in [3.8, 4) is 6.07 Å². The molecule has 1 aliphatic heterocycles. The van der Waals surface area contributed by atoms with E-state index in [2.05, 4.69) is 11.1 Å². The summed E-state index contributed by atoms with van der Waals surface area (Å²) in [5, 5.41) is 11.0. The minimum absolute atomic E-state index is 0.0872. The SMILES string of the molecule is CC1(C)CC(=O)C2=C(C1)OC(c1c[nH]c3ccccc13)=C(C#N)C2c1ccc(F)cc1F. The number of nitrogens with one attached hydrogen (secondary N) is 1. The second-order valence-corrected chi connectivity index (χ2v) is 9.08. The molecule has 1 unspecified atom stereocenters. The van der Waals surface area contributed by atoms with Crippen molar-refractivity contribution in [3.63, 3.8) is 0 Å². The maximum atomic E-state index is 15.0. The fraction of sp³-hybridized carbons (Fsp3) is 0.231. The third kappa shape index (κ3) is 3.13. The number of hydrogen-bond donors (Lipinski definition) is 1. The van der Waals surface area contributed by atoms with Crippen LogP contribution in [0.25, 0.3) is 16.7 Å². The number of carbonyl (C=O) groups excluding carboxylic acids is 1. The summed E-state index contributed by atoms with van der Waals surface area (Å²) >= 11 is 0. The number of allylic oxidation sites excluding steroid dienone is 3. The van der Waals surface area contributed by atoms with Crippen LogP contribution in [0.15, 0.2) is 65.6 Å². The van der Waals surface area contributed by atoms with Crippen molar-refractivity contribution in [2.75, 3.05) is 0 Å². The van der Waals surface area contributed by atoms with Crippen LogP contribution >= 0.6 is 0 Å². The van der Waals surface area contributed by atoms with Crippen LogP contribution in [0.4, 0.5) is 8.78 Å². The van der Waals surface area contributed by atoms with E-state index >= 15 is 0 Å². The van der Waals surface area contributed by atoms with Crippen molar-refractivity contribution in [1.82, 2.24) is 4.98 Å². The van der Waals surface area contributed by atoms with Crippen molar-refractivity contribution < 1.29 is 18.3 Å². The predicted molar refractivity (Wildman–Crippen MR) is 116 cm³/mol. The molecule has 1 atom stereocenters. The van der Waals surface area contributed by atoms with Crippen molar-refractivity contribution in [3.05, 3.63) is 88.3 Å². The molecule has 1 N–H and O–H groups in total. The molecule has 0 saturated carbocycles. The van der Waals surface area contributed by atoms with Gasteiger partial charge in [0.05, 0.1) is 17.6 Å². The van der Waals surface area contributed by atoms with E-state index in [1.807, 2.05) is 38.1 Å². The molecule has 0 radical (unpaired) electrons. The number of nitrogens with zero attached hydrogens (tertiary/aromatic N) is 1. The Morgan fingerprint density at radius 3 is 2.69 bits per heavy atom. The van der Waals surface area contributed by atoms with E-state index in [-0.39, 0.29) is 34.3 Å². The highest BCUT2D eigenvalue weighted by Gasteiger charge is 2.44. The smallest absolute Gasteiger partial charge is 0.163 e. The summed E-state index contributed by atoms with van der Waals surface area (Å²) in [6, 6.07) is 13.0. The topological polar surface area (TPSA) is 65.9 Å². The maximum absolute atomic E-state index is 15.0. The number of para-hydroxylation sites is 1. The third-order valence-corrected chi connectivity index (χ3v) is 6.15. The van der Waals surface area contributed by atoms with Gasteiger partial charge >= 0.3 is 0 Å². The summed E-state index contributed by atoms with van der Waals surface area (Å²) in [5.41, 5.74) is 1.69. The summed E-state index contributed by atoms with van der Waals surface area (Å²) < 4.78 is 34.9. The maximum Gasteiger partial charge on any atom is 0.163 e. The molecule has 5 rings (SSSR count). The number of aromatic amines is 1. The van der Waals surface area contributed by atoms with E-state index in [0.717, 1.165) is 23.0 Å². The molecule has 0 saturated heterocycles. The van der Waals surface area contributed by atoms with E-state index < -0.39 is 17.6 Å². The largest absolute Gasteiger partial charge is 0.459 e. The molecule has 2 aromatic carbocycles. The van der Waals surface area contributed by atoms with Gasteiger partial charge in [0.2, 0.25) is 0 Å². The lowest BCUT2D eigenvalue weighted by atomic mass is 9.69. The number of Topliss-reactive ketones (excluding diaryl/α,β-unsaturated/α-hetero) is 1. The van der Waals surface area contributed by atoms with Crippen LogP contribution < -0.4 is 0 Å². The van der Waals surface area contributed by atoms with Crippen LogP contribution in [-0.2, 0) is 9.53 Å². The number of nitriles is 1. The molecule has 32 heavy (non-hydrogen) atoms. The Hall–Kier alpha value is -3.72. The van der Waals surface area contributed by atoms with E-state index in [1.165, 1.54) is 6.07 Å². The fourth-order valence-corrected chi connectivity index (χ4v) is 4.77. The van der Waals surface area contributed by atoms with Crippen LogP contribution in [0.2, 0.25) is 0 Å². The average Bonchev–Trinajstić information content (AvgIpc) is 3.16. The molecule has 2 aliphatic rings. The molecule has 1 aromatic heterocycles. The van der Waals surface area contributed by atoms with Gasteiger partial charge in [0.1, 0.15) is 17.4 Å². The van der Waals surface area contributed by atoms with Crippen LogP contribution in [0.5, 0.6) is 0 Å². The lowest BCUT2D eigenvalue weighted by Gasteiger charge is -2.38. The van der Waals surface area contributed by atoms with E-state index in [4.69, 9.17) is 4.74 Å². The number of rotatable bonds is 2. The molecule has 0 amide bonds. The van der Waals surface area contributed by atoms with Gasteiger partial charge in [-0.3, -0.25) is 4.79 Å². The van der Waals surface area contributed by atoms with Gasteiger partial charge in [-0.1, -0.05) is 38.1 Å². The summed E-state index contributed by atoms with van der Waals surface area (Å²) in [6.07, 6.45) is 2.48. The number of carbonyl (C=O) groups is 1. The van der Waals surface area contributed by atoms with Crippen LogP contribution in [-0.4, -0.2) is 10.8 Å². The van der Waals surface area contributed by atoms with Crippen LogP contribution in [0.1, 0.15) is 43.7 Å². The Balaban J connectivity index is 1.79. The minimum atomic E-state index is -0.961. The lowest BCUT2D eigenvalue weighted by Crippen LogP contribution is -2.32.